The van der Waals surface area contributed by atoms with E-state index in [1.54, 1.807) is 0 Å². The number of aromatic nitrogens is 2. The summed E-state index contributed by atoms with van der Waals surface area (Å²) >= 11 is 0. The van der Waals surface area contributed by atoms with Gasteiger partial charge in [0.1, 0.15) is 5.82 Å². The molecule has 3 atom stereocenters. The summed E-state index contributed by atoms with van der Waals surface area (Å²) in [6.07, 6.45) is 2.13. The maximum atomic E-state index is 5.76. The second kappa shape index (κ2) is 5.52. The van der Waals surface area contributed by atoms with E-state index in [1.807, 2.05) is 18.2 Å². The van der Waals surface area contributed by atoms with E-state index in [9.17, 15) is 0 Å². The fraction of sp³-hybridized carbons (Fsp3) is 0.533. The van der Waals surface area contributed by atoms with E-state index in [0.29, 0.717) is 5.92 Å². The van der Waals surface area contributed by atoms with Gasteiger partial charge < -0.3 is 9.30 Å². The van der Waals surface area contributed by atoms with E-state index in [0.717, 1.165) is 36.3 Å². The molecule has 20 heavy (non-hydrogen) atoms. The Bertz CT molecular complexity index is 595. The highest BCUT2D eigenvalue weighted by atomic mass is 16.5. The van der Waals surface area contributed by atoms with Crippen LogP contribution in [0.4, 0.5) is 0 Å². The number of rotatable bonds is 4. The molecule has 3 unspecified atom stereocenters. The fourth-order valence-corrected chi connectivity index (χ4v) is 3.19. The molecule has 5 nitrogen and oxygen atoms in total. The van der Waals surface area contributed by atoms with Gasteiger partial charge in [0.15, 0.2) is 0 Å². The molecule has 1 aliphatic heterocycles. The van der Waals surface area contributed by atoms with Crippen LogP contribution in [0.15, 0.2) is 24.3 Å². The summed E-state index contributed by atoms with van der Waals surface area (Å²) < 4.78 is 7.81. The number of hydrogen-bond acceptors (Lipinski definition) is 4. The van der Waals surface area contributed by atoms with Crippen molar-refractivity contribution >= 4 is 11.0 Å². The quantitative estimate of drug-likeness (QED) is 0.653. The number of imidazole rings is 1. The summed E-state index contributed by atoms with van der Waals surface area (Å²) in [5.41, 5.74) is 5.16. The molecule has 0 aliphatic carbocycles. The van der Waals surface area contributed by atoms with Crippen molar-refractivity contribution in [2.24, 2.45) is 18.8 Å². The molecular weight excluding hydrogens is 252 g/mol. The van der Waals surface area contributed by atoms with Crippen molar-refractivity contribution < 1.29 is 4.74 Å². The first-order valence-electron chi connectivity index (χ1n) is 7.18. The van der Waals surface area contributed by atoms with Gasteiger partial charge in [0, 0.05) is 32.0 Å². The first-order valence-corrected chi connectivity index (χ1v) is 7.18. The summed E-state index contributed by atoms with van der Waals surface area (Å²) in [6, 6.07) is 8.40. The van der Waals surface area contributed by atoms with Crippen LogP contribution in [0.3, 0.4) is 0 Å². The third-order valence-electron chi connectivity index (χ3n) is 4.45. The van der Waals surface area contributed by atoms with Crippen molar-refractivity contribution in [2.45, 2.75) is 31.9 Å². The van der Waals surface area contributed by atoms with Crippen LogP contribution in [0.25, 0.3) is 11.0 Å². The lowest BCUT2D eigenvalue weighted by molar-refractivity contribution is 0.0951. The van der Waals surface area contributed by atoms with Crippen LogP contribution >= 0.6 is 0 Å². The number of aryl methyl sites for hydroxylation is 1. The van der Waals surface area contributed by atoms with Crippen molar-refractivity contribution in [1.82, 2.24) is 15.0 Å². The third kappa shape index (κ3) is 2.32. The second-order valence-electron chi connectivity index (χ2n) is 5.58. The van der Waals surface area contributed by atoms with Crippen LogP contribution in [0, 0.1) is 5.92 Å². The van der Waals surface area contributed by atoms with Crippen LogP contribution in [-0.4, -0.2) is 28.3 Å². The number of nitrogens with one attached hydrogen (secondary N) is 1. The highest BCUT2D eigenvalue weighted by molar-refractivity contribution is 5.75. The SMILES string of the molecule is CC1OCCC1C(Cc1nc2ccccc2n1C)NN. The number of ether oxygens (including phenoxy) is 1. The molecule has 108 valence electrons. The highest BCUT2D eigenvalue weighted by Crippen LogP contribution is 2.26. The average Bonchev–Trinajstić information content (AvgIpc) is 3.01. The van der Waals surface area contributed by atoms with Gasteiger partial charge in [-0.15, -0.1) is 0 Å². The zero-order valence-corrected chi connectivity index (χ0v) is 12.0. The van der Waals surface area contributed by atoms with Gasteiger partial charge >= 0.3 is 0 Å². The molecule has 0 spiro atoms. The van der Waals surface area contributed by atoms with Gasteiger partial charge in [0.2, 0.25) is 0 Å². The Morgan fingerprint density at radius 1 is 1.50 bits per heavy atom. The number of hydrazine groups is 1. The van der Waals surface area contributed by atoms with Gasteiger partial charge in [-0.25, -0.2) is 4.98 Å². The van der Waals surface area contributed by atoms with E-state index >= 15 is 0 Å². The number of para-hydroxylation sites is 2. The van der Waals surface area contributed by atoms with E-state index in [2.05, 4.69) is 30.0 Å². The maximum absolute atomic E-state index is 5.76. The molecule has 0 radical (unpaired) electrons. The lowest BCUT2D eigenvalue weighted by atomic mass is 9.91. The molecule has 1 aromatic heterocycles. The van der Waals surface area contributed by atoms with Gasteiger partial charge in [0.25, 0.3) is 0 Å². The Labute approximate surface area is 119 Å². The molecule has 1 saturated heterocycles. The van der Waals surface area contributed by atoms with Crippen LogP contribution in [0.1, 0.15) is 19.2 Å². The van der Waals surface area contributed by atoms with Crippen LogP contribution < -0.4 is 11.3 Å². The molecule has 2 aromatic rings. The summed E-state index contributed by atoms with van der Waals surface area (Å²) in [6.45, 7) is 2.95. The van der Waals surface area contributed by atoms with Crippen LogP contribution in [0.5, 0.6) is 0 Å². The monoisotopic (exact) mass is 274 g/mol. The van der Waals surface area contributed by atoms with Crippen molar-refractivity contribution in [2.75, 3.05) is 6.61 Å². The number of nitrogens with zero attached hydrogens (tertiary/aromatic N) is 2. The van der Waals surface area contributed by atoms with E-state index in [4.69, 9.17) is 15.6 Å². The standard InChI is InChI=1S/C15H22N4O/c1-10-11(7-8-20-10)13(18-16)9-15-17-12-5-3-4-6-14(12)19(15)2/h3-6,10-11,13,18H,7-9,16H2,1-2H3. The van der Waals surface area contributed by atoms with Crippen molar-refractivity contribution in [1.29, 1.82) is 0 Å². The predicted octanol–water partition coefficient (Wildman–Crippen LogP) is 1.37. The van der Waals surface area contributed by atoms with Gasteiger partial charge in [-0.3, -0.25) is 11.3 Å². The first-order chi connectivity index (χ1) is 9.70. The Morgan fingerprint density at radius 2 is 2.30 bits per heavy atom. The smallest absolute Gasteiger partial charge is 0.111 e. The average molecular weight is 274 g/mol. The van der Waals surface area contributed by atoms with E-state index in [1.165, 1.54) is 0 Å². The first kappa shape index (κ1) is 13.5. The van der Waals surface area contributed by atoms with Crippen molar-refractivity contribution in [3.8, 4) is 0 Å². The summed E-state index contributed by atoms with van der Waals surface area (Å²) in [7, 11) is 2.06. The molecule has 3 rings (SSSR count). The highest BCUT2D eigenvalue weighted by Gasteiger charge is 2.32. The second-order valence-corrected chi connectivity index (χ2v) is 5.58. The molecule has 1 fully saturated rings. The van der Waals surface area contributed by atoms with Crippen molar-refractivity contribution in [3.63, 3.8) is 0 Å². The topological polar surface area (TPSA) is 65.1 Å². The lowest BCUT2D eigenvalue weighted by Crippen LogP contribution is -2.45. The fourth-order valence-electron chi connectivity index (χ4n) is 3.19. The molecule has 3 N–H and O–H groups in total. The van der Waals surface area contributed by atoms with Crippen LogP contribution in [-0.2, 0) is 18.2 Å². The Kier molecular flexibility index (Phi) is 3.74. The Balaban J connectivity index is 1.85. The zero-order chi connectivity index (χ0) is 14.1. The molecule has 0 saturated carbocycles. The zero-order valence-electron chi connectivity index (χ0n) is 12.0. The third-order valence-corrected chi connectivity index (χ3v) is 4.45. The molecular formula is C15H22N4O. The van der Waals surface area contributed by atoms with Gasteiger partial charge in [-0.2, -0.15) is 0 Å². The molecule has 1 aliphatic rings. The largest absolute Gasteiger partial charge is 0.378 e. The van der Waals surface area contributed by atoms with Gasteiger partial charge in [0.05, 0.1) is 17.1 Å². The lowest BCUT2D eigenvalue weighted by Gasteiger charge is -2.24. The minimum Gasteiger partial charge on any atom is -0.378 e. The summed E-state index contributed by atoms with van der Waals surface area (Å²) in [4.78, 5) is 4.72. The normalized spacial score (nSPS) is 24.4. The number of benzene rings is 1. The molecule has 1 aromatic carbocycles. The predicted molar refractivity (Wildman–Crippen MR) is 79.1 cm³/mol. The van der Waals surface area contributed by atoms with Crippen LogP contribution in [0.2, 0.25) is 0 Å². The molecule has 2 heterocycles. The number of fused-ring (bicyclic) bond motifs is 1. The summed E-state index contributed by atoms with van der Waals surface area (Å²) in [5, 5.41) is 0. The summed E-state index contributed by atoms with van der Waals surface area (Å²) in [5.74, 6) is 7.27. The van der Waals surface area contributed by atoms with E-state index < -0.39 is 0 Å². The Hall–Kier alpha value is -1.43. The minimum absolute atomic E-state index is 0.197. The number of hydrogen-bond donors (Lipinski definition) is 2. The van der Waals surface area contributed by atoms with Gasteiger partial charge in [-0.1, -0.05) is 12.1 Å². The molecule has 5 heteroatoms. The van der Waals surface area contributed by atoms with Gasteiger partial charge in [-0.05, 0) is 25.5 Å². The minimum atomic E-state index is 0.197. The van der Waals surface area contributed by atoms with E-state index in [-0.39, 0.29) is 12.1 Å². The maximum Gasteiger partial charge on any atom is 0.111 e. The van der Waals surface area contributed by atoms with Crippen molar-refractivity contribution in [3.05, 3.63) is 30.1 Å². The molecule has 0 bridgehead atoms. The number of nitrogens with two attached hydrogens (primary N) is 1. The Morgan fingerprint density at radius 3 is 2.95 bits per heavy atom. The molecule has 0 amide bonds.